The van der Waals surface area contributed by atoms with Crippen LogP contribution in [0.1, 0.15) is 16.7 Å². The summed E-state index contributed by atoms with van der Waals surface area (Å²) >= 11 is 3.65. The van der Waals surface area contributed by atoms with Gasteiger partial charge in [-0.2, -0.15) is 26.3 Å². The maximum absolute atomic E-state index is 10.7. The highest BCUT2D eigenvalue weighted by Crippen LogP contribution is 2.21. The van der Waals surface area contributed by atoms with E-state index < -0.39 is 31.3 Å². The predicted octanol–water partition coefficient (Wildman–Crippen LogP) is 1.79. The summed E-state index contributed by atoms with van der Waals surface area (Å²) in [6.45, 7) is 0. The third-order valence-electron chi connectivity index (χ3n) is 4.24. The minimum absolute atomic E-state index is 0.858. The SMILES string of the molecule is O/[NH+]=C1/C(SCCc2ccccc2)=[S+]CCc2ccccc21.O=S(=O)([O-])C(F)(F)F.O=S(=O)([O-])C(F)(F)F. The van der Waals surface area contributed by atoms with Crippen LogP contribution in [0.3, 0.4) is 0 Å². The smallest absolute Gasteiger partial charge is 0.485 e. The van der Waals surface area contributed by atoms with Gasteiger partial charge in [0.1, 0.15) is 0 Å². The Hall–Kier alpha value is -2.25. The van der Waals surface area contributed by atoms with E-state index in [1.54, 1.807) is 0 Å². The summed E-state index contributed by atoms with van der Waals surface area (Å²) in [5, 5.41) is 12.1. The molecule has 0 spiro atoms. The molecule has 0 fully saturated rings. The molecule has 38 heavy (non-hydrogen) atoms. The molecule has 212 valence electrons. The van der Waals surface area contributed by atoms with Crippen molar-refractivity contribution in [1.82, 2.24) is 0 Å². The third-order valence-corrected chi connectivity index (χ3v) is 7.83. The zero-order chi connectivity index (χ0) is 29.2. The Morgan fingerprint density at radius 3 is 1.82 bits per heavy atom. The third kappa shape index (κ3) is 11.2. The van der Waals surface area contributed by atoms with Gasteiger partial charge >= 0.3 is 20.9 Å². The van der Waals surface area contributed by atoms with E-state index in [-0.39, 0.29) is 0 Å². The molecule has 18 heteroatoms. The van der Waals surface area contributed by atoms with Gasteiger partial charge < -0.3 is 9.11 Å². The molecule has 0 aromatic heterocycles. The van der Waals surface area contributed by atoms with Crippen LogP contribution in [0.5, 0.6) is 0 Å². The molecule has 3 rings (SSSR count). The molecule has 0 unspecified atom stereocenters. The van der Waals surface area contributed by atoms with Crippen molar-refractivity contribution in [3.8, 4) is 0 Å². The monoisotopic (exact) mass is 627 g/mol. The summed E-state index contributed by atoms with van der Waals surface area (Å²) in [5.41, 5.74) is -6.66. The van der Waals surface area contributed by atoms with Gasteiger partial charge in [0.05, 0.1) is 5.56 Å². The van der Waals surface area contributed by atoms with Crippen LogP contribution >= 0.6 is 11.8 Å². The number of alkyl halides is 6. The molecule has 2 aromatic carbocycles. The lowest BCUT2D eigenvalue weighted by Gasteiger charge is -2.08. The molecule has 0 bridgehead atoms. The fourth-order valence-corrected chi connectivity index (χ4v) is 5.01. The molecule has 0 saturated carbocycles. The Bertz CT molecular complexity index is 1290. The Kier molecular flexibility index (Phi) is 12.6. The molecule has 8 nitrogen and oxygen atoms in total. The van der Waals surface area contributed by atoms with Crippen LogP contribution in [0.25, 0.3) is 0 Å². The second-order valence-corrected chi connectivity index (χ2v) is 12.1. The van der Waals surface area contributed by atoms with Gasteiger partial charge in [0.15, 0.2) is 37.3 Å². The first-order chi connectivity index (χ1) is 17.4. The molecule has 0 amide bonds. The standard InChI is InChI=1S/C18H17NOS2.2CHF3O3S/c20-19-17-16-9-5-4-8-15(16)11-13-22-18(17)21-12-10-14-6-2-1-3-7-14;2*2-1(3,4)8(5,6)7/h1-9H,10-13H2;2*(H,5,6,7)/b19-17+;;. The fourth-order valence-electron chi connectivity index (χ4n) is 2.54. The van der Waals surface area contributed by atoms with E-state index in [0.717, 1.165) is 35.6 Å². The molecule has 1 heterocycles. The van der Waals surface area contributed by atoms with Crippen molar-refractivity contribution < 1.29 is 62.6 Å². The van der Waals surface area contributed by atoms with Gasteiger partial charge in [-0.15, -0.1) is 0 Å². The molecule has 0 atom stereocenters. The Balaban J connectivity index is 0.000000374. The van der Waals surface area contributed by atoms with Crippen molar-refractivity contribution in [2.75, 3.05) is 11.5 Å². The van der Waals surface area contributed by atoms with E-state index in [4.69, 9.17) is 25.9 Å². The van der Waals surface area contributed by atoms with Gasteiger partial charge in [0, 0.05) is 12.2 Å². The zero-order valence-electron chi connectivity index (χ0n) is 18.8. The Morgan fingerprint density at radius 1 is 0.868 bits per heavy atom. The van der Waals surface area contributed by atoms with Gasteiger partial charge in [-0.1, -0.05) is 60.3 Å². The van der Waals surface area contributed by atoms with Crippen molar-refractivity contribution >= 4 is 53.3 Å². The maximum Gasteiger partial charge on any atom is 0.485 e. The molecule has 2 aromatic rings. The molecule has 1 aliphatic rings. The normalized spacial score (nSPS) is 15.2. The lowest BCUT2D eigenvalue weighted by molar-refractivity contribution is -0.735. The maximum atomic E-state index is 10.7. The quantitative estimate of drug-likeness (QED) is 0.0996. The number of hydrogen-bond donors (Lipinski definition) is 2. The first kappa shape index (κ1) is 33.8. The number of fused-ring (bicyclic) bond motifs is 1. The van der Waals surface area contributed by atoms with E-state index in [2.05, 4.69) is 47.6 Å². The molecular weight excluding hydrogens is 608 g/mol. The van der Waals surface area contributed by atoms with E-state index in [1.807, 2.05) is 35.2 Å². The van der Waals surface area contributed by atoms with Gasteiger partial charge in [-0.05, 0) is 28.8 Å². The average molecular weight is 628 g/mol. The predicted molar refractivity (Wildman–Crippen MR) is 128 cm³/mol. The molecule has 1 aliphatic heterocycles. The first-order valence-electron chi connectivity index (χ1n) is 9.95. The molecule has 0 aliphatic carbocycles. The molecular formula is C20H19F6NO7S4. The van der Waals surface area contributed by atoms with Crippen LogP contribution in [0.4, 0.5) is 26.3 Å². The van der Waals surface area contributed by atoms with Crippen LogP contribution in [0.2, 0.25) is 0 Å². The minimum atomic E-state index is -6.09. The number of hydrogen-bond acceptors (Lipinski definition) is 8. The highest BCUT2D eigenvalue weighted by atomic mass is 32.2. The van der Waals surface area contributed by atoms with Crippen LogP contribution < -0.4 is 5.16 Å². The topological polar surface area (TPSA) is 149 Å². The lowest BCUT2D eigenvalue weighted by Crippen LogP contribution is -2.71. The number of aryl methyl sites for hydroxylation is 2. The Morgan fingerprint density at radius 2 is 1.34 bits per heavy atom. The summed E-state index contributed by atoms with van der Waals surface area (Å²) in [6, 6.07) is 18.8. The number of benzene rings is 2. The second kappa shape index (κ2) is 14.2. The van der Waals surface area contributed by atoms with E-state index in [0.29, 0.717) is 0 Å². The number of halogens is 6. The molecule has 0 radical (unpaired) electrons. The van der Waals surface area contributed by atoms with E-state index in [9.17, 15) is 31.5 Å². The number of rotatable bonds is 3. The average Bonchev–Trinajstić information content (AvgIpc) is 2.97. The summed E-state index contributed by atoms with van der Waals surface area (Å²) < 4.78 is 119. The minimum Gasteiger partial charge on any atom is -0.741 e. The first-order valence-corrected chi connectivity index (χ1v) is 14.7. The van der Waals surface area contributed by atoms with Crippen molar-refractivity contribution in [3.05, 3.63) is 71.3 Å². The van der Waals surface area contributed by atoms with Crippen molar-refractivity contribution in [2.24, 2.45) is 0 Å². The van der Waals surface area contributed by atoms with Crippen LogP contribution in [-0.4, -0.2) is 63.6 Å². The van der Waals surface area contributed by atoms with Crippen molar-refractivity contribution in [2.45, 2.75) is 23.9 Å². The van der Waals surface area contributed by atoms with Crippen molar-refractivity contribution in [1.29, 1.82) is 0 Å². The van der Waals surface area contributed by atoms with Crippen LogP contribution in [0, 0.1) is 0 Å². The molecule has 0 saturated heterocycles. The Labute approximate surface area is 222 Å². The van der Waals surface area contributed by atoms with Crippen LogP contribution in [-0.2, 0) is 44.4 Å². The van der Waals surface area contributed by atoms with E-state index in [1.165, 1.54) is 15.3 Å². The highest BCUT2D eigenvalue weighted by molar-refractivity contribution is 8.24. The second-order valence-electron chi connectivity index (χ2n) is 6.91. The summed E-state index contributed by atoms with van der Waals surface area (Å²) in [7, 11) is -12.2. The summed E-state index contributed by atoms with van der Waals surface area (Å²) in [5.74, 6) is 2.07. The highest BCUT2D eigenvalue weighted by Gasteiger charge is 2.37. The van der Waals surface area contributed by atoms with Gasteiger partial charge in [-0.3, -0.25) is 5.21 Å². The largest absolute Gasteiger partial charge is 0.741 e. The van der Waals surface area contributed by atoms with Crippen molar-refractivity contribution in [3.63, 3.8) is 0 Å². The summed E-state index contributed by atoms with van der Waals surface area (Å²) in [4.78, 5) is 0. The number of nitrogens with one attached hydrogen (secondary N) is 1. The van der Waals surface area contributed by atoms with Crippen LogP contribution in [0.15, 0.2) is 54.6 Å². The molecule has 2 N–H and O–H groups in total. The fraction of sp³-hybridized carbons (Fsp3) is 0.300. The van der Waals surface area contributed by atoms with Gasteiger partial charge in [0.25, 0.3) is 0 Å². The lowest BCUT2D eigenvalue weighted by atomic mass is 10.0. The zero-order valence-corrected chi connectivity index (χ0v) is 22.1. The van der Waals surface area contributed by atoms with Gasteiger partial charge in [0.2, 0.25) is 0 Å². The summed E-state index contributed by atoms with van der Waals surface area (Å²) in [6.07, 6.45) is 2.07. The van der Waals surface area contributed by atoms with E-state index >= 15 is 0 Å². The van der Waals surface area contributed by atoms with Gasteiger partial charge in [-0.25, -0.2) is 16.8 Å². The number of thioether (sulfide) groups is 1.